The highest BCUT2D eigenvalue weighted by Crippen LogP contribution is 2.37. The van der Waals surface area contributed by atoms with Gasteiger partial charge < -0.3 is 9.80 Å². The van der Waals surface area contributed by atoms with E-state index in [1.54, 1.807) is 11.8 Å². The van der Waals surface area contributed by atoms with Crippen LogP contribution in [0.1, 0.15) is 31.2 Å². The molecule has 0 unspecified atom stereocenters. The molecule has 0 saturated heterocycles. The summed E-state index contributed by atoms with van der Waals surface area (Å²) in [6.07, 6.45) is 10.5. The molecule has 31 heavy (non-hydrogen) atoms. The molecule has 0 aromatic carbocycles. The van der Waals surface area contributed by atoms with E-state index in [0.29, 0.717) is 12.3 Å². The van der Waals surface area contributed by atoms with Crippen molar-refractivity contribution in [1.29, 1.82) is 0 Å². The molecule has 0 N–H and O–H groups in total. The van der Waals surface area contributed by atoms with Gasteiger partial charge in [-0.3, -0.25) is 8.79 Å². The highest BCUT2D eigenvalue weighted by atomic mass is 32.2. The SMILES string of the molecule is CSc1nc2c(-c3cnc(N(C)C)cc3C)cccn2c1N(CCCF)CC1CCC1. The van der Waals surface area contributed by atoms with Gasteiger partial charge in [-0.2, -0.15) is 0 Å². The monoisotopic (exact) mass is 441 g/mol. The third kappa shape index (κ3) is 4.38. The van der Waals surface area contributed by atoms with E-state index in [1.165, 1.54) is 24.8 Å². The summed E-state index contributed by atoms with van der Waals surface area (Å²) in [5, 5.41) is 1.00. The smallest absolute Gasteiger partial charge is 0.147 e. The molecule has 0 radical (unpaired) electrons. The Balaban J connectivity index is 1.81. The summed E-state index contributed by atoms with van der Waals surface area (Å²) in [5.74, 6) is 2.74. The second kappa shape index (κ2) is 9.47. The Morgan fingerprint density at radius 1 is 1.26 bits per heavy atom. The minimum Gasteiger partial charge on any atom is -0.363 e. The molecule has 5 nitrogen and oxygen atoms in total. The maximum atomic E-state index is 13.1. The van der Waals surface area contributed by atoms with E-state index in [1.807, 2.05) is 25.2 Å². The molecule has 4 rings (SSSR count). The molecule has 3 aromatic heterocycles. The van der Waals surface area contributed by atoms with Gasteiger partial charge >= 0.3 is 0 Å². The fourth-order valence-corrected chi connectivity index (χ4v) is 4.85. The van der Waals surface area contributed by atoms with Crippen LogP contribution in [-0.4, -0.2) is 54.5 Å². The topological polar surface area (TPSA) is 36.7 Å². The first kappa shape index (κ1) is 21.9. The van der Waals surface area contributed by atoms with E-state index in [4.69, 9.17) is 4.98 Å². The third-order valence-electron chi connectivity index (χ3n) is 6.20. The molecule has 0 atom stereocenters. The number of rotatable bonds is 9. The van der Waals surface area contributed by atoms with Crippen molar-refractivity contribution >= 4 is 29.0 Å². The fraction of sp³-hybridized carbons (Fsp3) is 0.500. The van der Waals surface area contributed by atoms with Crippen LogP contribution in [0, 0.1) is 12.8 Å². The molecule has 0 bridgehead atoms. The number of halogens is 1. The molecule has 7 heteroatoms. The highest BCUT2D eigenvalue weighted by Gasteiger charge is 2.26. The van der Waals surface area contributed by atoms with Crippen LogP contribution in [0.15, 0.2) is 35.6 Å². The Bertz CT molecular complexity index is 1040. The van der Waals surface area contributed by atoms with Crippen LogP contribution in [0.3, 0.4) is 0 Å². The van der Waals surface area contributed by atoms with Crippen LogP contribution in [0.4, 0.5) is 16.0 Å². The van der Waals surface area contributed by atoms with E-state index >= 15 is 0 Å². The number of nitrogens with zero attached hydrogens (tertiary/aromatic N) is 5. The van der Waals surface area contributed by atoms with Gasteiger partial charge in [0.05, 0.1) is 6.67 Å². The molecule has 1 aliphatic carbocycles. The predicted molar refractivity (Wildman–Crippen MR) is 129 cm³/mol. The molecule has 0 spiro atoms. The van der Waals surface area contributed by atoms with Gasteiger partial charge in [0, 0.05) is 50.7 Å². The zero-order valence-corrected chi connectivity index (χ0v) is 19.8. The van der Waals surface area contributed by atoms with Crippen molar-refractivity contribution in [1.82, 2.24) is 14.4 Å². The van der Waals surface area contributed by atoms with Crippen LogP contribution >= 0.6 is 11.8 Å². The maximum absolute atomic E-state index is 13.1. The zero-order chi connectivity index (χ0) is 22.0. The van der Waals surface area contributed by atoms with E-state index in [-0.39, 0.29) is 6.67 Å². The number of aryl methyl sites for hydroxylation is 1. The number of aromatic nitrogens is 3. The van der Waals surface area contributed by atoms with Crippen molar-refractivity contribution in [3.05, 3.63) is 36.2 Å². The summed E-state index contributed by atoms with van der Waals surface area (Å²) in [5.41, 5.74) is 4.28. The molecule has 3 heterocycles. The molecule has 1 aliphatic rings. The van der Waals surface area contributed by atoms with Crippen molar-refractivity contribution in [2.75, 3.05) is 49.9 Å². The van der Waals surface area contributed by atoms with Gasteiger partial charge in [0.1, 0.15) is 22.3 Å². The standard InChI is InChI=1S/C24H32FN5S/c1-17-14-21(28(2)3)26-15-20(17)19-10-6-13-30-22(19)27-23(31-4)24(30)29(12-7-11-25)16-18-8-5-9-18/h6,10,13-15,18H,5,7-9,11-12,16H2,1-4H3. The van der Waals surface area contributed by atoms with Gasteiger partial charge in [-0.05, 0) is 62.1 Å². The number of alkyl halides is 1. The van der Waals surface area contributed by atoms with Crippen molar-refractivity contribution in [3.8, 4) is 11.1 Å². The van der Waals surface area contributed by atoms with Gasteiger partial charge in [0.2, 0.25) is 0 Å². The maximum Gasteiger partial charge on any atom is 0.147 e. The molecule has 3 aromatic rings. The first-order valence-electron chi connectivity index (χ1n) is 11.0. The molecule has 1 fully saturated rings. The molecule has 0 aliphatic heterocycles. The minimum atomic E-state index is -0.291. The van der Waals surface area contributed by atoms with Crippen LogP contribution < -0.4 is 9.80 Å². The average molecular weight is 442 g/mol. The van der Waals surface area contributed by atoms with Gasteiger partial charge in [0.15, 0.2) is 0 Å². The second-order valence-electron chi connectivity index (χ2n) is 8.60. The fourth-order valence-electron chi connectivity index (χ4n) is 4.26. The number of imidazole rings is 1. The van der Waals surface area contributed by atoms with Crippen LogP contribution in [0.25, 0.3) is 16.8 Å². The summed E-state index contributed by atoms with van der Waals surface area (Å²) in [6.45, 7) is 3.53. The van der Waals surface area contributed by atoms with Crippen molar-refractivity contribution in [3.63, 3.8) is 0 Å². The number of hydrogen-bond acceptors (Lipinski definition) is 5. The molecule has 0 amide bonds. The molecular weight excluding hydrogens is 409 g/mol. The van der Waals surface area contributed by atoms with E-state index in [0.717, 1.165) is 46.5 Å². The average Bonchev–Trinajstić information content (AvgIpc) is 3.11. The van der Waals surface area contributed by atoms with E-state index < -0.39 is 0 Å². The number of anilines is 2. The third-order valence-corrected chi connectivity index (χ3v) is 6.86. The predicted octanol–water partition coefficient (Wildman–Crippen LogP) is 5.46. The largest absolute Gasteiger partial charge is 0.363 e. The summed E-state index contributed by atoms with van der Waals surface area (Å²) in [7, 11) is 4.00. The summed E-state index contributed by atoms with van der Waals surface area (Å²) >= 11 is 1.66. The van der Waals surface area contributed by atoms with Crippen molar-refractivity contribution in [2.24, 2.45) is 5.92 Å². The van der Waals surface area contributed by atoms with Crippen LogP contribution in [-0.2, 0) is 0 Å². The van der Waals surface area contributed by atoms with E-state index in [9.17, 15) is 4.39 Å². The van der Waals surface area contributed by atoms with Crippen molar-refractivity contribution in [2.45, 2.75) is 37.6 Å². The number of thioether (sulfide) groups is 1. The Kier molecular flexibility index (Phi) is 6.70. The van der Waals surface area contributed by atoms with Crippen molar-refractivity contribution < 1.29 is 4.39 Å². The Hall–Kier alpha value is -2.28. The Morgan fingerprint density at radius 2 is 2.06 bits per heavy atom. The normalized spacial score (nSPS) is 14.1. The van der Waals surface area contributed by atoms with Gasteiger partial charge in [-0.25, -0.2) is 9.97 Å². The summed E-state index contributed by atoms with van der Waals surface area (Å²) in [4.78, 5) is 14.0. The molecule has 166 valence electrons. The number of pyridine rings is 2. The summed E-state index contributed by atoms with van der Waals surface area (Å²) in [6, 6.07) is 6.31. The zero-order valence-electron chi connectivity index (χ0n) is 18.9. The van der Waals surface area contributed by atoms with Crippen LogP contribution in [0.2, 0.25) is 0 Å². The lowest BCUT2D eigenvalue weighted by molar-refractivity contribution is 0.314. The Morgan fingerprint density at radius 3 is 2.68 bits per heavy atom. The first-order chi connectivity index (χ1) is 15.0. The lowest BCUT2D eigenvalue weighted by Crippen LogP contribution is -2.34. The van der Waals surface area contributed by atoms with Gasteiger partial charge in [-0.1, -0.05) is 6.42 Å². The van der Waals surface area contributed by atoms with Gasteiger partial charge in [-0.15, -0.1) is 11.8 Å². The Labute approximate surface area is 188 Å². The minimum absolute atomic E-state index is 0.291. The quantitative estimate of drug-likeness (QED) is 0.412. The first-order valence-corrected chi connectivity index (χ1v) is 12.3. The summed E-state index contributed by atoms with van der Waals surface area (Å²) < 4.78 is 15.3. The van der Waals surface area contributed by atoms with Crippen LogP contribution in [0.5, 0.6) is 0 Å². The lowest BCUT2D eigenvalue weighted by Gasteiger charge is -2.33. The van der Waals surface area contributed by atoms with E-state index in [2.05, 4.69) is 51.9 Å². The lowest BCUT2D eigenvalue weighted by atomic mass is 9.85. The molecular formula is C24H32FN5S. The number of fused-ring (bicyclic) bond motifs is 1. The van der Waals surface area contributed by atoms with Gasteiger partial charge in [0.25, 0.3) is 0 Å². The second-order valence-corrected chi connectivity index (χ2v) is 9.39. The highest BCUT2D eigenvalue weighted by molar-refractivity contribution is 7.98. The molecule has 1 saturated carbocycles. The number of hydrogen-bond donors (Lipinski definition) is 0.